The Hall–Kier alpha value is -2.87. The van der Waals surface area contributed by atoms with Crippen LogP contribution < -0.4 is 10.4 Å². The number of hydrogen-bond donors (Lipinski definition) is 0. The maximum Gasteiger partial charge on any atom is 0.126 e. The van der Waals surface area contributed by atoms with Gasteiger partial charge in [0.2, 0.25) is 0 Å². The number of Topliss-reactive ketones (excluding diaryl/α,β-unsaturated/α-hetero) is 1. The van der Waals surface area contributed by atoms with E-state index in [1.807, 2.05) is 55.5 Å². The molecule has 0 spiro atoms. The Bertz CT molecular complexity index is 811. The number of benzene rings is 2. The summed E-state index contributed by atoms with van der Waals surface area (Å²) in [4.78, 5) is 9.44. The number of ketones is 1. The standard InChI is InChI=1S/C14H16O.C7H8.C3H6O/c1-5-11(2)14(15-4)10-13-9-7-6-8-12(13)3;1-7-5-3-2-4-6-7;1-3(2)4/h5-10H,1,3H2,2,4H3;2-6H,1H3;1-2H3/b13-10-,14-11-;;. The zero-order valence-corrected chi connectivity index (χ0v) is 16.6. The summed E-state index contributed by atoms with van der Waals surface area (Å²) in [6, 6.07) is 18.2. The molecule has 0 aromatic heterocycles. The van der Waals surface area contributed by atoms with Gasteiger partial charge in [0.15, 0.2) is 0 Å². The molecule has 0 fully saturated rings. The summed E-state index contributed by atoms with van der Waals surface area (Å²) in [5.41, 5.74) is 2.34. The van der Waals surface area contributed by atoms with Crippen molar-refractivity contribution in [2.24, 2.45) is 0 Å². The second-order valence-corrected chi connectivity index (χ2v) is 5.86. The van der Waals surface area contributed by atoms with Crippen molar-refractivity contribution < 1.29 is 9.53 Å². The zero-order chi connectivity index (χ0) is 19.9. The van der Waals surface area contributed by atoms with Crippen LogP contribution in [0.25, 0.3) is 12.7 Å². The summed E-state index contributed by atoms with van der Waals surface area (Å²) in [7, 11) is 1.66. The molecule has 0 radical (unpaired) electrons. The number of rotatable bonds is 3. The Kier molecular flexibility index (Phi) is 11.9. The number of allylic oxidation sites excluding steroid dienone is 3. The van der Waals surface area contributed by atoms with Crippen molar-refractivity contribution in [3.63, 3.8) is 0 Å². The normalized spacial score (nSPS) is 11.0. The van der Waals surface area contributed by atoms with Gasteiger partial charge in [0, 0.05) is 0 Å². The maximum atomic E-state index is 9.44. The fourth-order valence-electron chi connectivity index (χ4n) is 1.78. The van der Waals surface area contributed by atoms with Crippen LogP contribution in [0.15, 0.2) is 78.6 Å². The first-order valence-electron chi connectivity index (χ1n) is 8.43. The minimum Gasteiger partial charge on any atom is -0.496 e. The Morgan fingerprint density at radius 3 is 1.85 bits per heavy atom. The van der Waals surface area contributed by atoms with Gasteiger partial charge in [0.1, 0.15) is 11.5 Å². The molecule has 2 nitrogen and oxygen atoms in total. The molecule has 0 unspecified atom stereocenters. The fourth-order valence-corrected chi connectivity index (χ4v) is 1.78. The molecule has 0 aliphatic heterocycles. The van der Waals surface area contributed by atoms with Gasteiger partial charge in [-0.1, -0.05) is 79.4 Å². The van der Waals surface area contributed by atoms with E-state index >= 15 is 0 Å². The molecular weight excluding hydrogens is 320 g/mol. The van der Waals surface area contributed by atoms with E-state index in [1.54, 1.807) is 13.2 Å². The minimum absolute atomic E-state index is 0.167. The first-order valence-corrected chi connectivity index (χ1v) is 8.43. The largest absolute Gasteiger partial charge is 0.496 e. The Balaban J connectivity index is 0.000000467. The van der Waals surface area contributed by atoms with Crippen LogP contribution in [0.5, 0.6) is 0 Å². The number of hydrogen-bond acceptors (Lipinski definition) is 2. The maximum absolute atomic E-state index is 9.44. The third-order valence-electron chi connectivity index (χ3n) is 3.20. The molecule has 0 bridgehead atoms. The zero-order valence-electron chi connectivity index (χ0n) is 16.6. The molecular formula is C24H30O2. The number of carbonyl (C=O) groups is 1. The lowest BCUT2D eigenvalue weighted by molar-refractivity contribution is -0.114. The van der Waals surface area contributed by atoms with E-state index in [0.29, 0.717) is 0 Å². The summed E-state index contributed by atoms with van der Waals surface area (Å²) < 4.78 is 5.29. The third-order valence-corrected chi connectivity index (χ3v) is 3.20. The molecule has 0 heterocycles. The van der Waals surface area contributed by atoms with Crippen molar-refractivity contribution in [2.45, 2.75) is 27.7 Å². The monoisotopic (exact) mass is 350 g/mol. The van der Waals surface area contributed by atoms with Gasteiger partial charge in [-0.15, -0.1) is 0 Å². The second kappa shape index (κ2) is 13.4. The quantitative estimate of drug-likeness (QED) is 0.598. The molecule has 0 aliphatic rings. The summed E-state index contributed by atoms with van der Waals surface area (Å²) in [5, 5.41) is 2.06. The number of methoxy groups -OCH3 is 1. The highest BCUT2D eigenvalue weighted by Crippen LogP contribution is 2.06. The first kappa shape index (κ1) is 23.1. The van der Waals surface area contributed by atoms with E-state index in [-0.39, 0.29) is 5.78 Å². The summed E-state index contributed by atoms with van der Waals surface area (Å²) in [6.07, 6.45) is 3.75. The smallest absolute Gasteiger partial charge is 0.126 e. The van der Waals surface area contributed by atoms with E-state index in [2.05, 4.69) is 32.2 Å². The topological polar surface area (TPSA) is 26.3 Å². The Morgan fingerprint density at radius 2 is 1.46 bits per heavy atom. The summed E-state index contributed by atoms with van der Waals surface area (Å²) in [5.74, 6) is 0.987. The van der Waals surface area contributed by atoms with Gasteiger partial charge in [-0.05, 0) is 49.8 Å². The van der Waals surface area contributed by atoms with Crippen LogP contribution in [0.3, 0.4) is 0 Å². The van der Waals surface area contributed by atoms with E-state index in [1.165, 1.54) is 19.4 Å². The lowest BCUT2D eigenvalue weighted by Crippen LogP contribution is -2.22. The Morgan fingerprint density at radius 1 is 0.962 bits per heavy atom. The van der Waals surface area contributed by atoms with Crippen LogP contribution >= 0.6 is 0 Å². The molecule has 0 atom stereocenters. The average molecular weight is 351 g/mol. The van der Waals surface area contributed by atoms with Crippen LogP contribution in [-0.4, -0.2) is 12.9 Å². The van der Waals surface area contributed by atoms with Crippen molar-refractivity contribution in [2.75, 3.05) is 7.11 Å². The van der Waals surface area contributed by atoms with Gasteiger partial charge in [-0.3, -0.25) is 0 Å². The van der Waals surface area contributed by atoms with Gasteiger partial charge < -0.3 is 9.53 Å². The van der Waals surface area contributed by atoms with Crippen LogP contribution in [0.1, 0.15) is 26.3 Å². The van der Waals surface area contributed by atoms with E-state index in [0.717, 1.165) is 21.8 Å². The molecule has 0 N–H and O–H groups in total. The minimum atomic E-state index is 0.167. The molecule has 0 aliphatic carbocycles. The summed E-state index contributed by atoms with van der Waals surface area (Å²) in [6.45, 7) is 14.8. The van der Waals surface area contributed by atoms with E-state index in [4.69, 9.17) is 4.74 Å². The van der Waals surface area contributed by atoms with Gasteiger partial charge in [0.25, 0.3) is 0 Å². The van der Waals surface area contributed by atoms with Gasteiger partial charge in [-0.25, -0.2) is 0 Å². The number of aryl methyl sites for hydroxylation is 1. The number of ether oxygens (including phenoxy) is 1. The van der Waals surface area contributed by atoms with Crippen LogP contribution in [0.2, 0.25) is 0 Å². The molecule has 138 valence electrons. The van der Waals surface area contributed by atoms with Gasteiger partial charge in [0.05, 0.1) is 7.11 Å². The molecule has 0 saturated heterocycles. The highest BCUT2D eigenvalue weighted by molar-refractivity contribution is 5.72. The molecule has 2 aromatic rings. The van der Waals surface area contributed by atoms with Gasteiger partial charge in [-0.2, -0.15) is 0 Å². The molecule has 0 amide bonds. The Labute approximate surface area is 157 Å². The first-order chi connectivity index (χ1) is 12.3. The second-order valence-electron chi connectivity index (χ2n) is 5.86. The van der Waals surface area contributed by atoms with Crippen molar-refractivity contribution in [3.8, 4) is 0 Å². The van der Waals surface area contributed by atoms with E-state index < -0.39 is 0 Å². The molecule has 0 saturated carbocycles. The van der Waals surface area contributed by atoms with Crippen LogP contribution in [-0.2, 0) is 9.53 Å². The SMILES string of the molecule is C=C/C(C)=C(/C=c1/ccccc1=C)OC.CC(C)=O.Cc1ccccc1. The summed E-state index contributed by atoms with van der Waals surface area (Å²) >= 11 is 0. The van der Waals surface area contributed by atoms with Gasteiger partial charge >= 0.3 is 0 Å². The third kappa shape index (κ3) is 10.8. The lowest BCUT2D eigenvalue weighted by atomic mass is 10.2. The number of carbonyl (C=O) groups excluding carboxylic acids is 1. The molecule has 2 rings (SSSR count). The molecule has 26 heavy (non-hydrogen) atoms. The van der Waals surface area contributed by atoms with Crippen molar-refractivity contribution >= 4 is 18.4 Å². The van der Waals surface area contributed by atoms with Crippen molar-refractivity contribution in [1.82, 2.24) is 0 Å². The van der Waals surface area contributed by atoms with Crippen molar-refractivity contribution in [1.29, 1.82) is 0 Å². The predicted octanol–water partition coefficient (Wildman–Crippen LogP) is 4.57. The van der Waals surface area contributed by atoms with E-state index in [9.17, 15) is 4.79 Å². The lowest BCUT2D eigenvalue weighted by Gasteiger charge is -2.02. The van der Waals surface area contributed by atoms with Crippen LogP contribution in [0.4, 0.5) is 0 Å². The average Bonchev–Trinajstić information content (AvgIpc) is 2.61. The van der Waals surface area contributed by atoms with Crippen molar-refractivity contribution in [3.05, 3.63) is 94.6 Å². The highest BCUT2D eigenvalue weighted by atomic mass is 16.5. The predicted molar refractivity (Wildman–Crippen MR) is 113 cm³/mol. The molecule has 2 heteroatoms. The fraction of sp³-hybridized carbons (Fsp3) is 0.208. The van der Waals surface area contributed by atoms with Crippen LogP contribution in [0, 0.1) is 6.92 Å². The highest BCUT2D eigenvalue weighted by Gasteiger charge is 1.94. The molecule has 2 aromatic carbocycles.